The van der Waals surface area contributed by atoms with Gasteiger partial charge in [0.15, 0.2) is 0 Å². The van der Waals surface area contributed by atoms with E-state index in [2.05, 4.69) is 57.6 Å². The molecule has 4 rings (SSSR count). The smallest absolute Gasteiger partial charge is 0.313 e. The Morgan fingerprint density at radius 2 is 1.83 bits per heavy atom. The van der Waals surface area contributed by atoms with Gasteiger partial charge in [0.05, 0.1) is 17.3 Å². The van der Waals surface area contributed by atoms with Crippen LogP contribution < -0.4 is 15.5 Å². The topological polar surface area (TPSA) is 91.7 Å². The molecule has 0 radical (unpaired) electrons. The number of likely N-dealkylation sites (N-methyl/N-ethyl adjacent to an activating group) is 1. The van der Waals surface area contributed by atoms with Gasteiger partial charge in [0.2, 0.25) is 0 Å². The molecule has 184 valence electrons. The molecule has 2 aliphatic heterocycles. The van der Waals surface area contributed by atoms with Crippen molar-refractivity contribution in [2.45, 2.75) is 18.9 Å². The lowest BCUT2D eigenvalue weighted by Gasteiger charge is -2.39. The number of carbonyl (C=O) groups excluding carboxylic acids is 2. The summed E-state index contributed by atoms with van der Waals surface area (Å²) in [4.78, 5) is 32.2. The minimum absolute atomic E-state index is 0.0428. The summed E-state index contributed by atoms with van der Waals surface area (Å²) in [6, 6.07) is 13.0. The molecular weight excluding hydrogens is 464 g/mol. The van der Waals surface area contributed by atoms with Gasteiger partial charge in [-0.15, -0.1) is 0 Å². The number of nitrogens with one attached hydrogen (secondary N) is 2. The third-order valence-electron chi connectivity index (χ3n) is 6.83. The molecule has 0 bridgehead atoms. The van der Waals surface area contributed by atoms with Crippen LogP contribution in [-0.4, -0.2) is 75.0 Å². The van der Waals surface area contributed by atoms with Crippen molar-refractivity contribution < 1.29 is 9.59 Å². The first-order chi connectivity index (χ1) is 16.9. The van der Waals surface area contributed by atoms with Gasteiger partial charge in [0, 0.05) is 57.0 Å². The Labute approximate surface area is 211 Å². The molecule has 2 aromatic rings. The highest BCUT2D eigenvalue weighted by Gasteiger charge is 2.27. The number of carbonyl (C=O) groups is 2. The lowest BCUT2D eigenvalue weighted by Crippen LogP contribution is -2.49. The van der Waals surface area contributed by atoms with Crippen molar-refractivity contribution in [2.24, 2.45) is 0 Å². The van der Waals surface area contributed by atoms with Crippen LogP contribution in [0.2, 0.25) is 5.02 Å². The van der Waals surface area contributed by atoms with E-state index >= 15 is 0 Å². The average Bonchev–Trinajstić information content (AvgIpc) is 2.85. The van der Waals surface area contributed by atoms with Crippen LogP contribution in [0.4, 0.5) is 11.4 Å². The second-order valence-corrected chi connectivity index (χ2v) is 9.67. The highest BCUT2D eigenvalue weighted by Crippen LogP contribution is 2.31. The maximum atomic E-state index is 12.7. The summed E-state index contributed by atoms with van der Waals surface area (Å²) in [7, 11) is 4.23. The fourth-order valence-electron chi connectivity index (χ4n) is 4.77. The Morgan fingerprint density at radius 1 is 1.06 bits per heavy atom. The van der Waals surface area contributed by atoms with Crippen molar-refractivity contribution in [3.63, 3.8) is 0 Å². The van der Waals surface area contributed by atoms with Gasteiger partial charge >= 0.3 is 11.8 Å². The Bertz CT molecular complexity index is 1140. The Hall–Kier alpha value is -3.12. The van der Waals surface area contributed by atoms with E-state index in [0.29, 0.717) is 11.6 Å². The molecular formula is C26H31ClN6O2. The maximum Gasteiger partial charge on any atom is 0.313 e. The first kappa shape index (κ1) is 25.0. The van der Waals surface area contributed by atoms with Crippen molar-refractivity contribution in [2.75, 3.05) is 63.6 Å². The molecule has 0 spiro atoms. The lowest BCUT2D eigenvalue weighted by molar-refractivity contribution is -0.136. The van der Waals surface area contributed by atoms with Crippen LogP contribution in [0.25, 0.3) is 0 Å². The summed E-state index contributed by atoms with van der Waals surface area (Å²) >= 11 is 5.99. The number of halogens is 1. The van der Waals surface area contributed by atoms with E-state index in [-0.39, 0.29) is 17.3 Å². The highest BCUT2D eigenvalue weighted by molar-refractivity contribution is 6.40. The quantitative estimate of drug-likeness (QED) is 0.621. The second-order valence-electron chi connectivity index (χ2n) is 9.23. The Balaban J connectivity index is 1.49. The fourth-order valence-corrected chi connectivity index (χ4v) is 4.94. The second kappa shape index (κ2) is 11.1. The molecule has 2 N–H and O–H groups in total. The standard InChI is InChI=1S/C26H31ClN6O2/c1-31-10-12-33(13-11-31)24(19-6-8-23-18(14-19)4-3-9-32(23)2)17-29-25(34)26(35)30-22-15-21(27)7-5-20(22)16-28/h5-8,14-15,24H,3-4,9-13,17H2,1-2H3,(H,29,34)(H,30,35)/t24-/m0/s1. The van der Waals surface area contributed by atoms with Crippen LogP contribution in [-0.2, 0) is 16.0 Å². The third-order valence-corrected chi connectivity index (χ3v) is 7.07. The number of fused-ring (bicyclic) bond motifs is 1. The molecule has 8 nitrogen and oxygen atoms in total. The van der Waals surface area contributed by atoms with E-state index in [1.54, 1.807) is 6.07 Å². The van der Waals surface area contributed by atoms with Crippen molar-refractivity contribution in [1.82, 2.24) is 15.1 Å². The van der Waals surface area contributed by atoms with Crippen molar-refractivity contribution in [3.05, 3.63) is 58.1 Å². The van der Waals surface area contributed by atoms with Crippen LogP contribution in [0, 0.1) is 11.3 Å². The first-order valence-corrected chi connectivity index (χ1v) is 12.3. The lowest BCUT2D eigenvalue weighted by atomic mass is 9.95. The summed E-state index contributed by atoms with van der Waals surface area (Å²) in [6.45, 7) is 5.03. The van der Waals surface area contributed by atoms with Crippen LogP contribution in [0.3, 0.4) is 0 Å². The van der Waals surface area contributed by atoms with E-state index in [1.165, 1.54) is 23.4 Å². The van der Waals surface area contributed by atoms with Crippen LogP contribution in [0.15, 0.2) is 36.4 Å². The van der Waals surface area contributed by atoms with E-state index in [0.717, 1.165) is 51.1 Å². The highest BCUT2D eigenvalue weighted by atomic mass is 35.5. The molecule has 2 aromatic carbocycles. The van der Waals surface area contributed by atoms with E-state index < -0.39 is 11.8 Å². The van der Waals surface area contributed by atoms with Crippen LogP contribution >= 0.6 is 11.6 Å². The maximum absolute atomic E-state index is 12.7. The van der Waals surface area contributed by atoms with Crippen molar-refractivity contribution in [3.8, 4) is 6.07 Å². The van der Waals surface area contributed by atoms with Gasteiger partial charge in [-0.1, -0.05) is 23.7 Å². The third kappa shape index (κ3) is 5.93. The molecule has 0 aliphatic carbocycles. The zero-order valence-corrected chi connectivity index (χ0v) is 20.9. The SMILES string of the molecule is CN1CCN([C@@H](CNC(=O)C(=O)Nc2cc(Cl)ccc2C#N)c2ccc3c(c2)CCCN3C)CC1. The molecule has 0 saturated carbocycles. The molecule has 2 heterocycles. The number of hydrogen-bond acceptors (Lipinski definition) is 6. The molecule has 1 atom stereocenters. The van der Waals surface area contributed by atoms with Crippen molar-refractivity contribution in [1.29, 1.82) is 5.26 Å². The minimum atomic E-state index is -0.826. The van der Waals surface area contributed by atoms with Crippen LogP contribution in [0.5, 0.6) is 0 Å². The van der Waals surface area contributed by atoms with E-state index in [1.807, 2.05) is 6.07 Å². The molecule has 0 unspecified atom stereocenters. The predicted molar refractivity (Wildman–Crippen MR) is 138 cm³/mol. The van der Waals surface area contributed by atoms with Gasteiger partial charge in [-0.05, 0) is 55.3 Å². The number of rotatable bonds is 5. The summed E-state index contributed by atoms with van der Waals surface area (Å²) in [6.07, 6.45) is 2.16. The summed E-state index contributed by atoms with van der Waals surface area (Å²) in [5, 5.41) is 15.0. The number of hydrogen-bond donors (Lipinski definition) is 2. The number of amides is 2. The van der Waals surface area contributed by atoms with E-state index in [4.69, 9.17) is 11.6 Å². The minimum Gasteiger partial charge on any atom is -0.374 e. The molecule has 2 aliphatic rings. The fraction of sp³-hybridized carbons (Fsp3) is 0.423. The predicted octanol–water partition coefficient (Wildman–Crippen LogP) is 2.64. The van der Waals surface area contributed by atoms with Gasteiger partial charge in [0.25, 0.3) is 0 Å². The number of nitrogens with zero attached hydrogens (tertiary/aromatic N) is 4. The number of aryl methyl sites for hydroxylation is 1. The number of nitriles is 1. The van der Waals surface area contributed by atoms with Gasteiger partial charge in [-0.25, -0.2) is 0 Å². The molecule has 2 amide bonds. The normalized spacial score (nSPS) is 17.3. The molecule has 0 aromatic heterocycles. The van der Waals surface area contributed by atoms with Gasteiger partial charge in [0.1, 0.15) is 6.07 Å². The average molecular weight is 495 g/mol. The summed E-state index contributed by atoms with van der Waals surface area (Å²) < 4.78 is 0. The van der Waals surface area contributed by atoms with Gasteiger partial charge < -0.3 is 20.4 Å². The Kier molecular flexibility index (Phi) is 7.91. The van der Waals surface area contributed by atoms with Gasteiger partial charge in [-0.3, -0.25) is 14.5 Å². The largest absolute Gasteiger partial charge is 0.374 e. The van der Waals surface area contributed by atoms with E-state index in [9.17, 15) is 14.9 Å². The molecule has 9 heteroatoms. The zero-order valence-electron chi connectivity index (χ0n) is 20.2. The summed E-state index contributed by atoms with van der Waals surface area (Å²) in [5.74, 6) is -1.57. The number of piperazine rings is 1. The Morgan fingerprint density at radius 3 is 2.57 bits per heavy atom. The molecule has 1 saturated heterocycles. The number of benzene rings is 2. The summed E-state index contributed by atoms with van der Waals surface area (Å²) in [5.41, 5.74) is 4.19. The monoisotopic (exact) mass is 494 g/mol. The van der Waals surface area contributed by atoms with Crippen molar-refractivity contribution >= 4 is 34.8 Å². The molecule has 35 heavy (non-hydrogen) atoms. The molecule has 1 fully saturated rings. The van der Waals surface area contributed by atoms with Crippen LogP contribution in [0.1, 0.15) is 29.2 Å². The van der Waals surface area contributed by atoms with Gasteiger partial charge in [-0.2, -0.15) is 5.26 Å². The first-order valence-electron chi connectivity index (χ1n) is 11.9. The number of anilines is 2. The zero-order chi connectivity index (χ0) is 24.9.